The smallest absolute Gasteiger partial charge is 0.233 e. The lowest BCUT2D eigenvalue weighted by atomic mass is 10.1. The van der Waals surface area contributed by atoms with E-state index in [1.165, 1.54) is 0 Å². The number of carbonyl (C=O) groups excluding carboxylic acids is 1. The highest BCUT2D eigenvalue weighted by molar-refractivity contribution is 6.31. The number of rotatable bonds is 6. The number of aryl methyl sites for hydroxylation is 1. The Morgan fingerprint density at radius 1 is 1.41 bits per heavy atom. The number of halogens is 1. The summed E-state index contributed by atoms with van der Waals surface area (Å²) in [5.41, 5.74) is 2.15. The van der Waals surface area contributed by atoms with E-state index in [0.29, 0.717) is 13.1 Å². The lowest BCUT2D eigenvalue weighted by Gasteiger charge is -2.07. The normalized spacial score (nSPS) is 10.3. The first kappa shape index (κ1) is 14.0. The van der Waals surface area contributed by atoms with Crippen LogP contribution in [0.5, 0.6) is 0 Å². The molecule has 0 aliphatic rings. The van der Waals surface area contributed by atoms with Crippen molar-refractivity contribution in [1.82, 2.24) is 10.6 Å². The van der Waals surface area contributed by atoms with Crippen molar-refractivity contribution in [2.24, 2.45) is 0 Å². The van der Waals surface area contributed by atoms with Gasteiger partial charge in [0.2, 0.25) is 5.91 Å². The molecule has 0 aliphatic heterocycles. The van der Waals surface area contributed by atoms with E-state index >= 15 is 0 Å². The number of amides is 1. The number of hydrogen-bond acceptors (Lipinski definition) is 2. The molecular formula is C13H19ClN2O. The van der Waals surface area contributed by atoms with Gasteiger partial charge in [-0.05, 0) is 30.5 Å². The Bertz CT molecular complexity index is 380. The number of carbonyl (C=O) groups is 1. The van der Waals surface area contributed by atoms with Gasteiger partial charge in [-0.1, -0.05) is 30.7 Å². The molecule has 1 amide bonds. The van der Waals surface area contributed by atoms with Crippen molar-refractivity contribution in [2.45, 2.75) is 26.8 Å². The number of hydrogen-bond donors (Lipinski definition) is 2. The first-order chi connectivity index (χ1) is 8.13. The maximum Gasteiger partial charge on any atom is 0.233 e. The van der Waals surface area contributed by atoms with Crippen molar-refractivity contribution < 1.29 is 4.79 Å². The Morgan fingerprint density at radius 2 is 2.18 bits per heavy atom. The Labute approximate surface area is 108 Å². The number of benzene rings is 1. The first-order valence-corrected chi connectivity index (χ1v) is 6.23. The molecular weight excluding hydrogens is 236 g/mol. The molecule has 17 heavy (non-hydrogen) atoms. The lowest BCUT2D eigenvalue weighted by Crippen LogP contribution is -2.33. The van der Waals surface area contributed by atoms with E-state index in [1.54, 1.807) is 0 Å². The van der Waals surface area contributed by atoms with Crippen molar-refractivity contribution in [2.75, 3.05) is 13.1 Å². The molecule has 0 unspecified atom stereocenters. The quantitative estimate of drug-likeness (QED) is 0.818. The summed E-state index contributed by atoms with van der Waals surface area (Å²) in [5, 5.41) is 6.66. The minimum atomic E-state index is 0.0325. The minimum Gasteiger partial charge on any atom is -0.355 e. The summed E-state index contributed by atoms with van der Waals surface area (Å²) in [4.78, 5) is 11.3. The predicted molar refractivity (Wildman–Crippen MR) is 71.2 cm³/mol. The maximum atomic E-state index is 11.3. The Kier molecular flexibility index (Phi) is 6.01. The van der Waals surface area contributed by atoms with E-state index in [9.17, 15) is 4.79 Å². The summed E-state index contributed by atoms with van der Waals surface area (Å²) in [7, 11) is 0. The SMILES string of the molecule is CCCNC(=O)CNCc1ccc(C)c(Cl)c1. The summed E-state index contributed by atoms with van der Waals surface area (Å²) in [6.07, 6.45) is 0.958. The van der Waals surface area contributed by atoms with E-state index in [4.69, 9.17) is 11.6 Å². The molecule has 2 N–H and O–H groups in total. The fourth-order valence-electron chi connectivity index (χ4n) is 1.39. The number of nitrogens with one attached hydrogen (secondary N) is 2. The van der Waals surface area contributed by atoms with E-state index < -0.39 is 0 Å². The molecule has 0 spiro atoms. The van der Waals surface area contributed by atoms with Crippen LogP contribution in [-0.2, 0) is 11.3 Å². The minimum absolute atomic E-state index is 0.0325. The molecule has 1 aromatic carbocycles. The van der Waals surface area contributed by atoms with Crippen LogP contribution in [0.2, 0.25) is 5.02 Å². The fourth-order valence-corrected chi connectivity index (χ4v) is 1.60. The highest BCUT2D eigenvalue weighted by Gasteiger charge is 2.01. The van der Waals surface area contributed by atoms with Crippen LogP contribution >= 0.6 is 11.6 Å². The van der Waals surface area contributed by atoms with Gasteiger partial charge < -0.3 is 10.6 Å². The van der Waals surface area contributed by atoms with Crippen LogP contribution in [0.15, 0.2) is 18.2 Å². The molecule has 94 valence electrons. The van der Waals surface area contributed by atoms with Crippen LogP contribution in [0.3, 0.4) is 0 Å². The van der Waals surface area contributed by atoms with Gasteiger partial charge in [0, 0.05) is 18.1 Å². The van der Waals surface area contributed by atoms with Gasteiger partial charge in [0.05, 0.1) is 6.54 Å². The molecule has 1 rings (SSSR count). The molecule has 0 radical (unpaired) electrons. The predicted octanol–water partition coefficient (Wildman–Crippen LogP) is 2.26. The second-order valence-electron chi connectivity index (χ2n) is 4.04. The second-order valence-corrected chi connectivity index (χ2v) is 4.44. The van der Waals surface area contributed by atoms with Crippen LogP contribution in [-0.4, -0.2) is 19.0 Å². The molecule has 0 bridgehead atoms. The van der Waals surface area contributed by atoms with Gasteiger partial charge in [0.25, 0.3) is 0 Å². The fraction of sp³-hybridized carbons (Fsp3) is 0.462. The summed E-state index contributed by atoms with van der Waals surface area (Å²) in [6, 6.07) is 5.92. The topological polar surface area (TPSA) is 41.1 Å². The molecule has 0 aliphatic carbocycles. The monoisotopic (exact) mass is 254 g/mol. The van der Waals surface area contributed by atoms with Crippen LogP contribution in [0.25, 0.3) is 0 Å². The van der Waals surface area contributed by atoms with Gasteiger partial charge in [0.1, 0.15) is 0 Å². The van der Waals surface area contributed by atoms with E-state index in [0.717, 1.165) is 29.1 Å². The zero-order valence-electron chi connectivity index (χ0n) is 10.3. The summed E-state index contributed by atoms with van der Waals surface area (Å²) in [5.74, 6) is 0.0325. The maximum absolute atomic E-state index is 11.3. The van der Waals surface area contributed by atoms with Gasteiger partial charge in [-0.3, -0.25) is 4.79 Å². The zero-order chi connectivity index (χ0) is 12.7. The third-order valence-electron chi connectivity index (χ3n) is 2.42. The molecule has 4 heteroatoms. The summed E-state index contributed by atoms with van der Waals surface area (Å²) >= 11 is 6.02. The molecule has 0 atom stereocenters. The third-order valence-corrected chi connectivity index (χ3v) is 2.83. The van der Waals surface area contributed by atoms with E-state index in [-0.39, 0.29) is 5.91 Å². The van der Waals surface area contributed by atoms with E-state index in [2.05, 4.69) is 10.6 Å². The van der Waals surface area contributed by atoms with Crippen molar-refractivity contribution >= 4 is 17.5 Å². The molecule has 0 saturated carbocycles. The largest absolute Gasteiger partial charge is 0.355 e. The van der Waals surface area contributed by atoms with Gasteiger partial charge in [-0.2, -0.15) is 0 Å². The standard InChI is InChI=1S/C13H19ClN2O/c1-3-6-16-13(17)9-15-8-11-5-4-10(2)12(14)7-11/h4-5,7,15H,3,6,8-9H2,1-2H3,(H,16,17). The van der Waals surface area contributed by atoms with Crippen molar-refractivity contribution in [3.8, 4) is 0 Å². The summed E-state index contributed by atoms with van der Waals surface area (Å²) in [6.45, 7) is 5.72. The van der Waals surface area contributed by atoms with Crippen LogP contribution in [0, 0.1) is 6.92 Å². The molecule has 0 aromatic heterocycles. The van der Waals surface area contributed by atoms with Crippen LogP contribution in [0.4, 0.5) is 0 Å². The molecule has 0 heterocycles. The molecule has 0 saturated heterocycles. The Hall–Kier alpha value is -1.06. The highest BCUT2D eigenvalue weighted by atomic mass is 35.5. The second kappa shape index (κ2) is 7.30. The molecule has 1 aromatic rings. The first-order valence-electron chi connectivity index (χ1n) is 5.86. The lowest BCUT2D eigenvalue weighted by molar-refractivity contribution is -0.120. The van der Waals surface area contributed by atoms with Crippen molar-refractivity contribution in [3.63, 3.8) is 0 Å². The zero-order valence-corrected chi connectivity index (χ0v) is 11.1. The van der Waals surface area contributed by atoms with Crippen LogP contribution in [0.1, 0.15) is 24.5 Å². The Morgan fingerprint density at radius 3 is 2.82 bits per heavy atom. The third kappa shape index (κ3) is 5.20. The molecule has 3 nitrogen and oxygen atoms in total. The highest BCUT2D eigenvalue weighted by Crippen LogP contribution is 2.16. The summed E-state index contributed by atoms with van der Waals surface area (Å²) < 4.78 is 0. The van der Waals surface area contributed by atoms with E-state index in [1.807, 2.05) is 32.0 Å². The van der Waals surface area contributed by atoms with Crippen molar-refractivity contribution in [1.29, 1.82) is 0 Å². The van der Waals surface area contributed by atoms with Gasteiger partial charge in [0.15, 0.2) is 0 Å². The van der Waals surface area contributed by atoms with Crippen LogP contribution < -0.4 is 10.6 Å². The Balaban J connectivity index is 2.30. The average Bonchev–Trinajstić information content (AvgIpc) is 2.31. The molecule has 0 fully saturated rings. The van der Waals surface area contributed by atoms with Gasteiger partial charge >= 0.3 is 0 Å². The van der Waals surface area contributed by atoms with Gasteiger partial charge in [-0.15, -0.1) is 0 Å². The van der Waals surface area contributed by atoms with Crippen molar-refractivity contribution in [3.05, 3.63) is 34.3 Å². The van der Waals surface area contributed by atoms with Gasteiger partial charge in [-0.25, -0.2) is 0 Å². The average molecular weight is 255 g/mol.